The van der Waals surface area contributed by atoms with Crippen LogP contribution in [0.2, 0.25) is 5.02 Å². The van der Waals surface area contributed by atoms with Crippen LogP contribution >= 0.6 is 11.6 Å². The summed E-state index contributed by atoms with van der Waals surface area (Å²) in [7, 11) is 0. The Hall–Kier alpha value is -2.92. The van der Waals surface area contributed by atoms with Crippen LogP contribution < -0.4 is 5.56 Å². The number of amides is 1. The van der Waals surface area contributed by atoms with Gasteiger partial charge in [0.05, 0.1) is 12.0 Å². The minimum absolute atomic E-state index is 0.00506. The van der Waals surface area contributed by atoms with Crippen molar-refractivity contribution in [3.63, 3.8) is 0 Å². The summed E-state index contributed by atoms with van der Waals surface area (Å²) in [6, 6.07) is 16.7. The Labute approximate surface area is 161 Å². The lowest BCUT2D eigenvalue weighted by Crippen LogP contribution is -2.39. The van der Waals surface area contributed by atoms with Gasteiger partial charge in [0, 0.05) is 29.7 Å². The van der Waals surface area contributed by atoms with Crippen molar-refractivity contribution in [1.82, 2.24) is 14.5 Å². The molecule has 1 aliphatic rings. The molecule has 0 atom stereocenters. The largest absolute Gasteiger partial charge is 0.336 e. The maximum Gasteiger partial charge on any atom is 0.254 e. The van der Waals surface area contributed by atoms with Crippen molar-refractivity contribution in [2.75, 3.05) is 6.54 Å². The molecule has 2 heterocycles. The standard InChI is InChI=1S/C21H18ClN3O2/c22-18-7-5-16(6-8-18)19-11-20(26)25(14-23-19)13-21(27)24-10-9-15-3-1-2-4-17(15)12-24/h1-8,11,14H,9-10,12-13H2. The fourth-order valence-corrected chi connectivity index (χ4v) is 3.40. The molecule has 0 radical (unpaired) electrons. The Bertz CT molecular complexity index is 1040. The number of carbonyl (C=O) groups excluding carboxylic acids is 1. The number of rotatable bonds is 3. The molecule has 0 saturated heterocycles. The first-order valence-corrected chi connectivity index (χ1v) is 9.15. The van der Waals surface area contributed by atoms with Crippen LogP contribution in [0.5, 0.6) is 0 Å². The van der Waals surface area contributed by atoms with Gasteiger partial charge in [0.2, 0.25) is 5.91 Å². The number of aromatic nitrogens is 2. The highest BCUT2D eigenvalue weighted by Gasteiger charge is 2.20. The molecule has 1 amide bonds. The molecule has 136 valence electrons. The van der Waals surface area contributed by atoms with Crippen molar-refractivity contribution >= 4 is 17.5 Å². The first-order valence-electron chi connectivity index (χ1n) is 8.77. The molecule has 2 aromatic carbocycles. The van der Waals surface area contributed by atoms with E-state index in [1.807, 2.05) is 30.3 Å². The van der Waals surface area contributed by atoms with Gasteiger partial charge in [-0.25, -0.2) is 4.98 Å². The Balaban J connectivity index is 1.49. The minimum Gasteiger partial charge on any atom is -0.336 e. The summed E-state index contributed by atoms with van der Waals surface area (Å²) in [6.45, 7) is 1.25. The van der Waals surface area contributed by atoms with Gasteiger partial charge >= 0.3 is 0 Å². The summed E-state index contributed by atoms with van der Waals surface area (Å²) in [5.41, 5.74) is 3.57. The summed E-state index contributed by atoms with van der Waals surface area (Å²) < 4.78 is 1.35. The molecule has 0 unspecified atom stereocenters. The van der Waals surface area contributed by atoms with E-state index in [4.69, 9.17) is 11.6 Å². The summed E-state index contributed by atoms with van der Waals surface area (Å²) in [5, 5.41) is 0.626. The third kappa shape index (κ3) is 3.78. The highest BCUT2D eigenvalue weighted by molar-refractivity contribution is 6.30. The zero-order valence-corrected chi connectivity index (χ0v) is 15.4. The maximum atomic E-state index is 12.6. The Morgan fingerprint density at radius 3 is 2.56 bits per heavy atom. The molecular weight excluding hydrogens is 362 g/mol. The number of hydrogen-bond acceptors (Lipinski definition) is 3. The van der Waals surface area contributed by atoms with Gasteiger partial charge in [-0.2, -0.15) is 0 Å². The van der Waals surface area contributed by atoms with Crippen LogP contribution in [0.25, 0.3) is 11.3 Å². The molecule has 0 bridgehead atoms. The quantitative estimate of drug-likeness (QED) is 0.702. The summed E-state index contributed by atoms with van der Waals surface area (Å²) in [6.07, 6.45) is 2.27. The lowest BCUT2D eigenvalue weighted by atomic mass is 10.00. The van der Waals surface area contributed by atoms with E-state index < -0.39 is 0 Å². The van der Waals surface area contributed by atoms with Crippen LogP contribution in [0.4, 0.5) is 0 Å². The molecule has 0 aliphatic carbocycles. The third-order valence-electron chi connectivity index (χ3n) is 4.81. The molecule has 0 N–H and O–H groups in total. The minimum atomic E-state index is -0.249. The average Bonchev–Trinajstić information content (AvgIpc) is 2.69. The zero-order chi connectivity index (χ0) is 18.8. The van der Waals surface area contributed by atoms with Gasteiger partial charge < -0.3 is 4.90 Å². The number of carbonyl (C=O) groups is 1. The lowest BCUT2D eigenvalue weighted by Gasteiger charge is -2.29. The van der Waals surface area contributed by atoms with Gasteiger partial charge in [0.25, 0.3) is 5.56 Å². The van der Waals surface area contributed by atoms with Gasteiger partial charge in [-0.15, -0.1) is 0 Å². The second-order valence-corrected chi connectivity index (χ2v) is 7.02. The van der Waals surface area contributed by atoms with Crippen molar-refractivity contribution in [1.29, 1.82) is 0 Å². The van der Waals surface area contributed by atoms with Crippen molar-refractivity contribution < 1.29 is 4.79 Å². The number of fused-ring (bicyclic) bond motifs is 1. The molecule has 0 saturated carbocycles. The molecule has 1 aliphatic heterocycles. The second kappa shape index (κ2) is 7.37. The van der Waals surface area contributed by atoms with Crippen LogP contribution in [0, 0.1) is 0 Å². The van der Waals surface area contributed by atoms with E-state index in [0.717, 1.165) is 12.0 Å². The van der Waals surface area contributed by atoms with Crippen molar-refractivity contribution in [2.45, 2.75) is 19.5 Å². The second-order valence-electron chi connectivity index (χ2n) is 6.58. The molecule has 5 nitrogen and oxygen atoms in total. The van der Waals surface area contributed by atoms with Gasteiger partial charge in [-0.3, -0.25) is 14.2 Å². The highest BCUT2D eigenvalue weighted by atomic mass is 35.5. The third-order valence-corrected chi connectivity index (χ3v) is 5.06. The molecule has 6 heteroatoms. The summed E-state index contributed by atoms with van der Waals surface area (Å²) >= 11 is 5.89. The molecule has 4 rings (SSSR count). The van der Waals surface area contributed by atoms with E-state index in [-0.39, 0.29) is 18.0 Å². The van der Waals surface area contributed by atoms with Crippen LogP contribution in [-0.2, 0) is 24.3 Å². The van der Waals surface area contributed by atoms with E-state index in [2.05, 4.69) is 11.1 Å². The van der Waals surface area contributed by atoms with Gasteiger partial charge in [-0.05, 0) is 29.7 Å². The SMILES string of the molecule is O=C(Cn1cnc(-c2ccc(Cl)cc2)cc1=O)N1CCc2ccccc2C1. The maximum absolute atomic E-state index is 12.6. The van der Waals surface area contributed by atoms with Gasteiger partial charge in [0.15, 0.2) is 0 Å². The predicted octanol–water partition coefficient (Wildman–Crippen LogP) is 3.15. The van der Waals surface area contributed by atoms with Crippen LogP contribution in [0.15, 0.2) is 65.7 Å². The average molecular weight is 380 g/mol. The van der Waals surface area contributed by atoms with Gasteiger partial charge in [-0.1, -0.05) is 48.0 Å². The summed E-state index contributed by atoms with van der Waals surface area (Å²) in [4.78, 5) is 31.2. The summed E-state index contributed by atoms with van der Waals surface area (Å²) in [5.74, 6) is -0.0763. The highest BCUT2D eigenvalue weighted by Crippen LogP contribution is 2.19. The first-order chi connectivity index (χ1) is 13.1. The molecule has 1 aromatic heterocycles. The smallest absolute Gasteiger partial charge is 0.254 e. The zero-order valence-electron chi connectivity index (χ0n) is 14.6. The van der Waals surface area contributed by atoms with Crippen molar-refractivity contribution in [3.05, 3.63) is 87.4 Å². The van der Waals surface area contributed by atoms with E-state index in [1.54, 1.807) is 17.0 Å². The lowest BCUT2D eigenvalue weighted by molar-refractivity contribution is -0.132. The number of benzene rings is 2. The van der Waals surface area contributed by atoms with Gasteiger partial charge in [0.1, 0.15) is 6.54 Å². The van der Waals surface area contributed by atoms with E-state index >= 15 is 0 Å². The fraction of sp³-hybridized carbons (Fsp3) is 0.190. The Morgan fingerprint density at radius 2 is 1.81 bits per heavy atom. The topological polar surface area (TPSA) is 55.2 Å². The van der Waals surface area contributed by atoms with E-state index in [0.29, 0.717) is 23.8 Å². The molecule has 3 aromatic rings. The molecule has 0 fully saturated rings. The van der Waals surface area contributed by atoms with Crippen molar-refractivity contribution in [3.8, 4) is 11.3 Å². The Morgan fingerprint density at radius 1 is 1.07 bits per heavy atom. The predicted molar refractivity (Wildman–Crippen MR) is 105 cm³/mol. The van der Waals surface area contributed by atoms with Crippen LogP contribution in [-0.4, -0.2) is 26.9 Å². The molecule has 0 spiro atoms. The first kappa shape index (κ1) is 17.5. The molecular formula is C21H18ClN3O2. The number of halogens is 1. The van der Waals surface area contributed by atoms with E-state index in [1.165, 1.54) is 28.1 Å². The normalized spacial score (nSPS) is 13.3. The van der Waals surface area contributed by atoms with Crippen molar-refractivity contribution in [2.24, 2.45) is 0 Å². The van der Waals surface area contributed by atoms with Crippen LogP contribution in [0.3, 0.4) is 0 Å². The molecule has 27 heavy (non-hydrogen) atoms. The Kier molecular flexibility index (Phi) is 4.77. The number of hydrogen-bond donors (Lipinski definition) is 0. The van der Waals surface area contributed by atoms with Crippen LogP contribution in [0.1, 0.15) is 11.1 Å². The fourth-order valence-electron chi connectivity index (χ4n) is 3.28. The monoisotopic (exact) mass is 379 g/mol. The van der Waals surface area contributed by atoms with E-state index in [9.17, 15) is 9.59 Å². The number of nitrogens with zero attached hydrogens (tertiary/aromatic N) is 3.